The first-order chi connectivity index (χ1) is 4.81. The average Bonchev–Trinajstić information content (AvgIpc) is 1.97. The summed E-state index contributed by atoms with van der Waals surface area (Å²) >= 11 is 0. The van der Waals surface area contributed by atoms with Gasteiger partial charge in [-0.1, -0.05) is 13.0 Å². The molecule has 0 aromatic carbocycles. The number of ketones is 1. The molecule has 0 N–H and O–H groups in total. The van der Waals surface area contributed by atoms with Crippen LogP contribution in [0.3, 0.4) is 0 Å². The lowest BCUT2D eigenvalue weighted by atomic mass is 10.2. The summed E-state index contributed by atoms with van der Waals surface area (Å²) in [6, 6.07) is 0. The van der Waals surface area contributed by atoms with E-state index in [-0.39, 0.29) is 5.78 Å². The zero-order valence-electron chi connectivity index (χ0n) is 6.26. The van der Waals surface area contributed by atoms with Gasteiger partial charge in [-0.2, -0.15) is 0 Å². The van der Waals surface area contributed by atoms with Crippen LogP contribution in [0.1, 0.15) is 26.2 Å². The molecule has 0 aliphatic rings. The van der Waals surface area contributed by atoms with Crippen LogP contribution in [-0.4, -0.2) is 5.78 Å². The average molecular weight is 136 g/mol. The third kappa shape index (κ3) is 5.11. The van der Waals surface area contributed by atoms with Crippen molar-refractivity contribution in [2.24, 2.45) is 0 Å². The molecule has 0 saturated heterocycles. The summed E-state index contributed by atoms with van der Waals surface area (Å²) in [6.07, 6.45) is 10.4. The Kier molecular flexibility index (Phi) is 5.47. The number of terminal acetylenes is 1. The maximum Gasteiger partial charge on any atom is 0.156 e. The van der Waals surface area contributed by atoms with Gasteiger partial charge in [-0.15, -0.1) is 12.3 Å². The van der Waals surface area contributed by atoms with Gasteiger partial charge >= 0.3 is 0 Å². The predicted molar refractivity (Wildman–Crippen MR) is 42.5 cm³/mol. The van der Waals surface area contributed by atoms with Crippen LogP contribution in [0.4, 0.5) is 0 Å². The summed E-state index contributed by atoms with van der Waals surface area (Å²) in [4.78, 5) is 10.8. The normalized spacial score (nSPS) is 9.60. The van der Waals surface area contributed by atoms with Gasteiger partial charge in [0, 0.05) is 12.8 Å². The molecule has 1 nitrogen and oxygen atoms in total. The molecule has 0 atom stereocenters. The molecule has 1 heteroatoms. The Bertz CT molecular complexity index is 160. The molecule has 10 heavy (non-hydrogen) atoms. The van der Waals surface area contributed by atoms with Crippen LogP contribution in [0.5, 0.6) is 0 Å². The summed E-state index contributed by atoms with van der Waals surface area (Å²) in [5.74, 6) is 2.55. The molecule has 0 fully saturated rings. The third-order valence-electron chi connectivity index (χ3n) is 1.06. The fraction of sp³-hybridized carbons (Fsp3) is 0.444. The molecule has 0 heterocycles. The van der Waals surface area contributed by atoms with E-state index in [0.717, 1.165) is 6.42 Å². The van der Waals surface area contributed by atoms with Crippen molar-refractivity contribution in [2.75, 3.05) is 0 Å². The van der Waals surface area contributed by atoms with Gasteiger partial charge in [-0.05, 0) is 12.5 Å². The molecule has 54 valence electrons. The van der Waals surface area contributed by atoms with Gasteiger partial charge in [0.25, 0.3) is 0 Å². The van der Waals surface area contributed by atoms with Gasteiger partial charge in [0.1, 0.15) is 0 Å². The van der Waals surface area contributed by atoms with E-state index in [2.05, 4.69) is 5.92 Å². The molecule has 0 spiro atoms. The molecule has 0 amide bonds. The zero-order chi connectivity index (χ0) is 7.82. The second-order valence-corrected chi connectivity index (χ2v) is 1.98. The molecule has 0 saturated carbocycles. The molecular weight excluding hydrogens is 124 g/mol. The highest BCUT2D eigenvalue weighted by molar-refractivity contribution is 5.89. The molecule has 0 radical (unpaired) electrons. The lowest BCUT2D eigenvalue weighted by Crippen LogP contribution is -1.89. The topological polar surface area (TPSA) is 17.1 Å². The molecule has 0 aromatic rings. The third-order valence-corrected chi connectivity index (χ3v) is 1.06. The van der Waals surface area contributed by atoms with E-state index in [1.807, 2.05) is 13.0 Å². The van der Waals surface area contributed by atoms with Crippen molar-refractivity contribution in [3.05, 3.63) is 12.2 Å². The fourth-order valence-electron chi connectivity index (χ4n) is 0.528. The standard InChI is InChI=1S/C9H12O/c1-3-5-7-9(10)8-6-4-2/h1,6,8H,4-5,7H2,2H3/b8-6+. The molecule has 0 bridgehead atoms. The predicted octanol–water partition coefficient (Wildman–Crippen LogP) is 1.94. The van der Waals surface area contributed by atoms with Gasteiger partial charge in [0.2, 0.25) is 0 Å². The van der Waals surface area contributed by atoms with Crippen LogP contribution < -0.4 is 0 Å². The maximum atomic E-state index is 10.8. The highest BCUT2D eigenvalue weighted by Crippen LogP contribution is 1.91. The highest BCUT2D eigenvalue weighted by atomic mass is 16.1. The van der Waals surface area contributed by atoms with E-state index in [4.69, 9.17) is 6.42 Å². The number of allylic oxidation sites excluding steroid dienone is 2. The van der Waals surface area contributed by atoms with Crippen molar-refractivity contribution >= 4 is 5.78 Å². The Labute approximate surface area is 62.1 Å². The summed E-state index contributed by atoms with van der Waals surface area (Å²) in [7, 11) is 0. The summed E-state index contributed by atoms with van der Waals surface area (Å²) in [5.41, 5.74) is 0. The second kappa shape index (κ2) is 6.10. The van der Waals surface area contributed by atoms with Crippen molar-refractivity contribution in [3.8, 4) is 12.3 Å². The first-order valence-electron chi connectivity index (χ1n) is 3.44. The van der Waals surface area contributed by atoms with E-state index in [1.54, 1.807) is 6.08 Å². The number of carbonyl (C=O) groups is 1. The van der Waals surface area contributed by atoms with Gasteiger partial charge < -0.3 is 0 Å². The number of rotatable bonds is 4. The molecule has 0 aliphatic heterocycles. The van der Waals surface area contributed by atoms with Crippen LogP contribution in [0.2, 0.25) is 0 Å². The van der Waals surface area contributed by atoms with Crippen LogP contribution in [0, 0.1) is 12.3 Å². The Morgan fingerprint density at radius 1 is 1.70 bits per heavy atom. The Balaban J connectivity index is 3.46. The molecule has 0 rings (SSSR count). The van der Waals surface area contributed by atoms with E-state index in [9.17, 15) is 4.79 Å². The molecule has 0 aliphatic carbocycles. The van der Waals surface area contributed by atoms with Crippen LogP contribution in [-0.2, 0) is 4.79 Å². The van der Waals surface area contributed by atoms with E-state index in [0.29, 0.717) is 12.8 Å². The quantitative estimate of drug-likeness (QED) is 0.426. The molecule has 0 aromatic heterocycles. The van der Waals surface area contributed by atoms with Crippen LogP contribution in [0.25, 0.3) is 0 Å². The maximum absolute atomic E-state index is 10.8. The SMILES string of the molecule is C#CCCC(=O)/C=C/CC. The summed E-state index contributed by atoms with van der Waals surface area (Å²) in [6.45, 7) is 1.99. The Morgan fingerprint density at radius 3 is 2.90 bits per heavy atom. The second-order valence-electron chi connectivity index (χ2n) is 1.98. The van der Waals surface area contributed by atoms with Gasteiger partial charge in [-0.3, -0.25) is 4.79 Å². The zero-order valence-corrected chi connectivity index (χ0v) is 6.26. The van der Waals surface area contributed by atoms with Crippen LogP contribution in [0.15, 0.2) is 12.2 Å². The van der Waals surface area contributed by atoms with Crippen molar-refractivity contribution in [1.82, 2.24) is 0 Å². The lowest BCUT2D eigenvalue weighted by molar-refractivity contribution is -0.114. The van der Waals surface area contributed by atoms with Crippen molar-refractivity contribution < 1.29 is 4.79 Å². The molecular formula is C9H12O. The van der Waals surface area contributed by atoms with E-state index in [1.165, 1.54) is 0 Å². The lowest BCUT2D eigenvalue weighted by Gasteiger charge is -1.86. The van der Waals surface area contributed by atoms with Gasteiger partial charge in [0.15, 0.2) is 5.78 Å². The monoisotopic (exact) mass is 136 g/mol. The van der Waals surface area contributed by atoms with E-state index < -0.39 is 0 Å². The first kappa shape index (κ1) is 8.97. The number of hydrogen-bond donors (Lipinski definition) is 0. The first-order valence-corrected chi connectivity index (χ1v) is 3.44. The number of hydrogen-bond acceptors (Lipinski definition) is 1. The van der Waals surface area contributed by atoms with Crippen LogP contribution >= 0.6 is 0 Å². The van der Waals surface area contributed by atoms with Crippen molar-refractivity contribution in [1.29, 1.82) is 0 Å². The van der Waals surface area contributed by atoms with Crippen molar-refractivity contribution in [2.45, 2.75) is 26.2 Å². The molecule has 0 unspecified atom stereocenters. The smallest absolute Gasteiger partial charge is 0.156 e. The minimum Gasteiger partial charge on any atom is -0.295 e. The fourth-order valence-corrected chi connectivity index (χ4v) is 0.528. The van der Waals surface area contributed by atoms with Gasteiger partial charge in [-0.25, -0.2) is 0 Å². The largest absolute Gasteiger partial charge is 0.295 e. The Morgan fingerprint density at radius 2 is 2.40 bits per heavy atom. The van der Waals surface area contributed by atoms with Gasteiger partial charge in [0.05, 0.1) is 0 Å². The summed E-state index contributed by atoms with van der Waals surface area (Å²) < 4.78 is 0. The highest BCUT2D eigenvalue weighted by Gasteiger charge is 1.91. The Hall–Kier alpha value is -1.03. The number of carbonyl (C=O) groups excluding carboxylic acids is 1. The minimum absolute atomic E-state index is 0.125. The van der Waals surface area contributed by atoms with E-state index >= 15 is 0 Å². The van der Waals surface area contributed by atoms with Crippen molar-refractivity contribution in [3.63, 3.8) is 0 Å². The minimum atomic E-state index is 0.125. The summed E-state index contributed by atoms with van der Waals surface area (Å²) in [5, 5.41) is 0.